The third kappa shape index (κ3) is 2.53. The molecule has 0 aromatic rings. The van der Waals surface area contributed by atoms with Gasteiger partial charge in [0.05, 0.1) is 0 Å². The van der Waals surface area contributed by atoms with E-state index in [-0.39, 0.29) is 0 Å². The molecule has 1 aliphatic rings. The van der Waals surface area contributed by atoms with E-state index in [9.17, 15) is 0 Å². The van der Waals surface area contributed by atoms with Crippen molar-refractivity contribution in [1.82, 2.24) is 0 Å². The second-order valence-electron chi connectivity index (χ2n) is 3.70. The minimum absolute atomic E-state index is 1.66. The molecule has 96 valence electrons. The summed E-state index contributed by atoms with van der Waals surface area (Å²) < 4.78 is 12.4. The molecule has 1 fully saturated rings. The Morgan fingerprint density at radius 1 is 0.611 bits per heavy atom. The van der Waals surface area contributed by atoms with Crippen LogP contribution in [0.3, 0.4) is 0 Å². The van der Waals surface area contributed by atoms with Crippen molar-refractivity contribution >= 4 is 34.2 Å². The molecule has 2 nitrogen and oxygen atoms in total. The maximum Gasteiger partial charge on any atom is 0.372 e. The lowest BCUT2D eigenvalue weighted by molar-refractivity contribution is 0.427. The first-order valence-electron chi connectivity index (χ1n) is 5.41. The van der Waals surface area contributed by atoms with Gasteiger partial charge in [0.15, 0.2) is 0 Å². The first-order valence-corrected chi connectivity index (χ1v) is 13.8. The topological polar surface area (TPSA) is 18.5 Å². The monoisotopic (exact) mass is 310 g/mol. The van der Waals surface area contributed by atoms with Crippen molar-refractivity contribution in [3.63, 3.8) is 0 Å². The highest BCUT2D eigenvalue weighted by Gasteiger charge is 2.55. The van der Waals surface area contributed by atoms with Crippen LogP contribution in [0.5, 0.6) is 0 Å². The predicted octanol–water partition coefficient (Wildman–Crippen LogP) is 3.44. The summed E-state index contributed by atoms with van der Waals surface area (Å²) in [5, 5.41) is 0. The summed E-state index contributed by atoms with van der Waals surface area (Å²) in [5.41, 5.74) is 10.9. The van der Waals surface area contributed by atoms with Crippen molar-refractivity contribution in [2.24, 2.45) is 0 Å². The molecule has 18 heavy (non-hydrogen) atoms. The van der Waals surface area contributed by atoms with Crippen molar-refractivity contribution < 1.29 is 8.23 Å². The Balaban J connectivity index is 3.38. The van der Waals surface area contributed by atoms with Crippen LogP contribution < -0.4 is 0 Å². The Kier molecular flexibility index (Phi) is 4.76. The van der Waals surface area contributed by atoms with Crippen LogP contribution >= 0.6 is 10.7 Å². The lowest BCUT2D eigenvalue weighted by Gasteiger charge is -2.46. The Bertz CT molecular complexity index is 322. The molecule has 0 spiro atoms. The highest BCUT2D eigenvalue weighted by atomic mass is 32.5. The Hall–Kier alpha value is -0.639. The van der Waals surface area contributed by atoms with Crippen LogP contribution in [-0.4, -0.2) is 23.5 Å². The third-order valence-electron chi connectivity index (χ3n) is 2.66. The van der Waals surface area contributed by atoms with Gasteiger partial charge < -0.3 is 8.23 Å². The number of hydrogen-bond acceptors (Lipinski definition) is 3. The molecule has 0 unspecified atom stereocenters. The van der Waals surface area contributed by atoms with E-state index < -0.39 is 23.5 Å². The van der Waals surface area contributed by atoms with Crippen LogP contribution in [0.25, 0.3) is 0 Å². The number of hydrogen-bond donors (Lipinski definition) is 0. The van der Waals surface area contributed by atoms with Gasteiger partial charge >= 0.3 is 8.56 Å². The molecule has 0 atom stereocenters. The molecule has 0 bridgehead atoms. The standard InChI is InChI=1S/C12H18O2SSi3/c1-7-16(8-2)13-17(9-3,10-4)15-18(11-5,12-6)14-16/h7-12H,1-6H2. The van der Waals surface area contributed by atoms with E-state index >= 15 is 0 Å². The van der Waals surface area contributed by atoms with Gasteiger partial charge in [-0.05, 0) is 11.4 Å². The molecule has 1 aliphatic heterocycles. The Morgan fingerprint density at radius 2 is 0.944 bits per heavy atom. The van der Waals surface area contributed by atoms with E-state index in [1.165, 1.54) is 0 Å². The highest BCUT2D eigenvalue weighted by Crippen LogP contribution is 2.44. The van der Waals surface area contributed by atoms with Gasteiger partial charge in [0.25, 0.3) is 14.9 Å². The first-order chi connectivity index (χ1) is 8.49. The molecule has 0 N–H and O–H groups in total. The Morgan fingerprint density at radius 3 is 1.17 bits per heavy atom. The molecule has 1 heterocycles. The van der Waals surface area contributed by atoms with E-state index in [4.69, 9.17) is 8.23 Å². The molecular weight excluding hydrogens is 292 g/mol. The van der Waals surface area contributed by atoms with E-state index in [0.29, 0.717) is 0 Å². The van der Waals surface area contributed by atoms with Gasteiger partial charge in [-0.3, -0.25) is 0 Å². The molecule has 1 rings (SSSR count). The fourth-order valence-electron chi connectivity index (χ4n) is 1.56. The summed E-state index contributed by atoms with van der Waals surface area (Å²) >= 11 is 0. The smallest absolute Gasteiger partial charge is 0.372 e. The van der Waals surface area contributed by atoms with Crippen LogP contribution in [0.1, 0.15) is 0 Å². The van der Waals surface area contributed by atoms with Gasteiger partial charge in [0.1, 0.15) is 0 Å². The van der Waals surface area contributed by atoms with E-state index in [0.717, 1.165) is 0 Å². The number of rotatable bonds is 6. The lowest BCUT2D eigenvalue weighted by atomic mass is 11.2. The second kappa shape index (κ2) is 5.56. The first kappa shape index (κ1) is 15.4. The van der Waals surface area contributed by atoms with Crippen LogP contribution in [0.2, 0.25) is 0 Å². The minimum atomic E-state index is -2.64. The molecule has 0 aromatic carbocycles. The molecule has 1 saturated heterocycles. The van der Waals surface area contributed by atoms with Gasteiger partial charge in [-0.1, -0.05) is 22.8 Å². The van der Waals surface area contributed by atoms with Crippen molar-refractivity contribution in [2.75, 3.05) is 0 Å². The average molecular weight is 311 g/mol. The van der Waals surface area contributed by atoms with Crippen LogP contribution in [0.15, 0.2) is 73.7 Å². The predicted molar refractivity (Wildman–Crippen MR) is 88.2 cm³/mol. The fourth-order valence-corrected chi connectivity index (χ4v) is 25.8. The van der Waals surface area contributed by atoms with Gasteiger partial charge in [-0.2, -0.15) is 0 Å². The van der Waals surface area contributed by atoms with Gasteiger partial charge in [-0.25, -0.2) is 0 Å². The quantitative estimate of drug-likeness (QED) is 0.700. The van der Waals surface area contributed by atoms with Crippen molar-refractivity contribution in [3.8, 4) is 0 Å². The normalized spacial score (nSPS) is 23.3. The van der Waals surface area contributed by atoms with Crippen molar-refractivity contribution in [1.29, 1.82) is 0 Å². The zero-order chi connectivity index (χ0) is 13.9. The van der Waals surface area contributed by atoms with Gasteiger partial charge in [0, 0.05) is 0 Å². The van der Waals surface area contributed by atoms with Crippen LogP contribution in [-0.2, 0) is 8.23 Å². The average Bonchev–Trinajstić information content (AvgIpc) is 2.46. The second-order valence-corrected chi connectivity index (χ2v) is 18.6. The van der Waals surface area contributed by atoms with Gasteiger partial charge in [0.2, 0.25) is 0 Å². The van der Waals surface area contributed by atoms with Crippen molar-refractivity contribution in [2.45, 2.75) is 0 Å². The minimum Gasteiger partial charge on any atom is -0.416 e. The summed E-state index contributed by atoms with van der Waals surface area (Å²) in [4.78, 5) is 0. The molecule has 0 aromatic heterocycles. The molecule has 0 radical (unpaired) electrons. The molecule has 0 amide bonds. The zero-order valence-electron chi connectivity index (χ0n) is 10.4. The van der Waals surface area contributed by atoms with Crippen LogP contribution in [0.4, 0.5) is 0 Å². The van der Waals surface area contributed by atoms with E-state index in [1.54, 1.807) is 22.1 Å². The lowest BCUT2D eigenvalue weighted by Crippen LogP contribution is -2.61. The summed E-state index contributed by atoms with van der Waals surface area (Å²) in [5.74, 6) is 0. The molecule has 6 heteroatoms. The van der Waals surface area contributed by atoms with Crippen molar-refractivity contribution in [3.05, 3.63) is 73.7 Å². The molecule has 0 saturated carbocycles. The van der Waals surface area contributed by atoms with Gasteiger partial charge in [-0.15, -0.1) is 50.1 Å². The molecular formula is C12H18O2SSi3. The van der Waals surface area contributed by atoms with E-state index in [1.807, 2.05) is 22.8 Å². The largest absolute Gasteiger partial charge is 0.416 e. The third-order valence-corrected chi connectivity index (χ3v) is 23.0. The highest BCUT2D eigenvalue weighted by molar-refractivity contribution is 8.51. The summed E-state index contributed by atoms with van der Waals surface area (Å²) in [7, 11) is -5.64. The van der Waals surface area contributed by atoms with Crippen LogP contribution in [0, 0.1) is 0 Å². The van der Waals surface area contributed by atoms with E-state index in [2.05, 4.69) is 39.5 Å². The summed E-state index contributed by atoms with van der Waals surface area (Å²) in [6.45, 7) is 23.2. The summed E-state index contributed by atoms with van der Waals surface area (Å²) in [6, 6.07) is 0. The maximum atomic E-state index is 6.20. The fraction of sp³-hybridized carbons (Fsp3) is 0. The SMILES string of the molecule is C=C[Si]1(C=C)O[Si](C=C)(C=C)S[Si](C=C)(C=C)O1. The maximum absolute atomic E-state index is 6.20. The zero-order valence-corrected chi connectivity index (χ0v) is 14.2. The summed E-state index contributed by atoms with van der Waals surface area (Å²) in [6.07, 6.45) is 0. The molecule has 0 aliphatic carbocycles. The Labute approximate surface area is 116 Å².